The molecule has 2 heterocycles. The van der Waals surface area contributed by atoms with Crippen molar-refractivity contribution >= 4 is 23.2 Å². The molecule has 3 nitrogen and oxygen atoms in total. The minimum atomic E-state index is -0.0580. The number of carbonyl (C=O) groups excluding carboxylic acids is 1. The van der Waals surface area contributed by atoms with Gasteiger partial charge in [0.1, 0.15) is 6.04 Å². The van der Waals surface area contributed by atoms with Crippen molar-refractivity contribution in [1.82, 2.24) is 5.32 Å². The van der Waals surface area contributed by atoms with Gasteiger partial charge in [-0.1, -0.05) is 23.7 Å². The number of hydrogen-bond donors (Lipinski definition) is 1. The molecular formula is C12H13ClN2O. The van der Waals surface area contributed by atoms with Crippen molar-refractivity contribution in [2.75, 3.05) is 18.0 Å². The van der Waals surface area contributed by atoms with Gasteiger partial charge in [-0.05, 0) is 18.1 Å². The first-order valence-electron chi connectivity index (χ1n) is 5.59. The Morgan fingerprint density at radius 2 is 2.31 bits per heavy atom. The summed E-state index contributed by atoms with van der Waals surface area (Å²) < 4.78 is 0. The van der Waals surface area contributed by atoms with Gasteiger partial charge in [0.15, 0.2) is 0 Å². The Kier molecular flexibility index (Phi) is 2.28. The van der Waals surface area contributed by atoms with E-state index in [1.54, 1.807) is 0 Å². The van der Waals surface area contributed by atoms with Gasteiger partial charge in [0.05, 0.1) is 10.7 Å². The number of benzene rings is 1. The minimum absolute atomic E-state index is 0.0580. The highest BCUT2D eigenvalue weighted by molar-refractivity contribution is 6.33. The number of amides is 1. The van der Waals surface area contributed by atoms with Crippen LogP contribution in [0.1, 0.15) is 12.0 Å². The van der Waals surface area contributed by atoms with Crippen LogP contribution in [-0.2, 0) is 11.2 Å². The number of rotatable bonds is 0. The summed E-state index contributed by atoms with van der Waals surface area (Å²) in [6.07, 6.45) is 1.76. The summed E-state index contributed by atoms with van der Waals surface area (Å²) in [7, 11) is 0. The Labute approximate surface area is 99.4 Å². The molecular weight excluding hydrogens is 224 g/mol. The van der Waals surface area contributed by atoms with Crippen LogP contribution in [0.5, 0.6) is 0 Å². The van der Waals surface area contributed by atoms with Crippen LogP contribution in [0, 0.1) is 0 Å². The van der Waals surface area contributed by atoms with E-state index >= 15 is 0 Å². The van der Waals surface area contributed by atoms with Crippen LogP contribution >= 0.6 is 11.6 Å². The summed E-state index contributed by atoms with van der Waals surface area (Å²) in [4.78, 5) is 14.0. The van der Waals surface area contributed by atoms with Gasteiger partial charge < -0.3 is 10.2 Å². The second kappa shape index (κ2) is 3.67. The van der Waals surface area contributed by atoms with E-state index in [9.17, 15) is 4.79 Å². The Morgan fingerprint density at radius 1 is 1.44 bits per heavy atom. The lowest BCUT2D eigenvalue weighted by Gasteiger charge is -2.23. The monoisotopic (exact) mass is 236 g/mol. The maximum Gasteiger partial charge on any atom is 0.243 e. The highest BCUT2D eigenvalue weighted by atomic mass is 35.5. The Morgan fingerprint density at radius 3 is 3.19 bits per heavy atom. The fourth-order valence-electron chi connectivity index (χ4n) is 2.60. The standard InChI is InChI=1S/C12H13ClN2O/c13-9-4-1-3-8-7-10-12(16)14-5-2-6-15(10)11(8)9/h1,3-4,10H,2,5-7H2,(H,14,16). The van der Waals surface area contributed by atoms with Crippen LogP contribution in [0.4, 0.5) is 5.69 Å². The Hall–Kier alpha value is -1.22. The zero-order valence-electron chi connectivity index (χ0n) is 8.87. The molecule has 0 radical (unpaired) electrons. The van der Waals surface area contributed by atoms with Crippen molar-refractivity contribution in [3.8, 4) is 0 Å². The number of anilines is 1. The van der Waals surface area contributed by atoms with Gasteiger partial charge in [0, 0.05) is 19.5 Å². The largest absolute Gasteiger partial charge is 0.358 e. The van der Waals surface area contributed by atoms with Gasteiger partial charge in [0.25, 0.3) is 0 Å². The van der Waals surface area contributed by atoms with Crippen LogP contribution in [-0.4, -0.2) is 25.0 Å². The molecule has 1 unspecified atom stereocenters. The number of hydrogen-bond acceptors (Lipinski definition) is 2. The molecule has 3 rings (SSSR count). The van der Waals surface area contributed by atoms with Gasteiger partial charge in [-0.25, -0.2) is 0 Å². The molecule has 2 aliphatic rings. The van der Waals surface area contributed by atoms with E-state index in [0.29, 0.717) is 0 Å². The second-order valence-corrected chi connectivity index (χ2v) is 4.71. The summed E-state index contributed by atoms with van der Waals surface area (Å²) in [5.74, 6) is 0.129. The molecule has 1 aromatic rings. The summed E-state index contributed by atoms with van der Waals surface area (Å²) in [5, 5.41) is 3.71. The first-order valence-corrected chi connectivity index (χ1v) is 5.97. The van der Waals surface area contributed by atoms with Crippen molar-refractivity contribution in [3.05, 3.63) is 28.8 Å². The molecule has 0 aromatic heterocycles. The molecule has 1 fully saturated rings. The highest BCUT2D eigenvalue weighted by Crippen LogP contribution is 2.38. The summed E-state index contributed by atoms with van der Waals surface area (Å²) in [6.45, 7) is 1.67. The van der Waals surface area contributed by atoms with Crippen LogP contribution in [0.15, 0.2) is 18.2 Å². The lowest BCUT2D eigenvalue weighted by Crippen LogP contribution is -2.42. The fourth-order valence-corrected chi connectivity index (χ4v) is 2.90. The molecule has 4 heteroatoms. The molecule has 0 spiro atoms. The third-order valence-electron chi connectivity index (χ3n) is 3.32. The van der Waals surface area contributed by atoms with Crippen LogP contribution < -0.4 is 10.2 Å². The molecule has 1 saturated heterocycles. The lowest BCUT2D eigenvalue weighted by atomic mass is 10.1. The van der Waals surface area contributed by atoms with Gasteiger partial charge >= 0.3 is 0 Å². The molecule has 1 atom stereocenters. The van der Waals surface area contributed by atoms with E-state index < -0.39 is 0 Å². The van der Waals surface area contributed by atoms with Crippen LogP contribution in [0.2, 0.25) is 5.02 Å². The maximum atomic E-state index is 11.9. The van der Waals surface area contributed by atoms with E-state index in [-0.39, 0.29) is 11.9 Å². The van der Waals surface area contributed by atoms with E-state index in [1.165, 1.54) is 5.56 Å². The summed E-state index contributed by atoms with van der Waals surface area (Å²) in [6, 6.07) is 5.84. The van der Waals surface area contributed by atoms with Crippen molar-refractivity contribution < 1.29 is 4.79 Å². The zero-order valence-corrected chi connectivity index (χ0v) is 9.63. The molecule has 0 aliphatic carbocycles. The Bertz CT molecular complexity index is 447. The average molecular weight is 237 g/mol. The normalized spacial score (nSPS) is 23.4. The van der Waals surface area contributed by atoms with Crippen LogP contribution in [0.25, 0.3) is 0 Å². The van der Waals surface area contributed by atoms with Gasteiger partial charge in [0.2, 0.25) is 5.91 Å². The van der Waals surface area contributed by atoms with E-state index in [4.69, 9.17) is 11.6 Å². The molecule has 16 heavy (non-hydrogen) atoms. The number of fused-ring (bicyclic) bond motifs is 3. The zero-order chi connectivity index (χ0) is 11.1. The van der Waals surface area contributed by atoms with E-state index in [1.807, 2.05) is 12.1 Å². The first kappa shape index (κ1) is 9.97. The fraction of sp³-hybridized carbons (Fsp3) is 0.417. The topological polar surface area (TPSA) is 32.3 Å². The molecule has 0 bridgehead atoms. The second-order valence-electron chi connectivity index (χ2n) is 4.31. The molecule has 1 N–H and O–H groups in total. The molecule has 0 saturated carbocycles. The Balaban J connectivity index is 2.06. The smallest absolute Gasteiger partial charge is 0.243 e. The molecule has 84 valence electrons. The quantitative estimate of drug-likeness (QED) is 0.742. The van der Waals surface area contributed by atoms with E-state index in [2.05, 4.69) is 16.3 Å². The molecule has 2 aliphatic heterocycles. The molecule has 1 aromatic carbocycles. The summed E-state index contributed by atoms with van der Waals surface area (Å²) >= 11 is 6.22. The third-order valence-corrected chi connectivity index (χ3v) is 3.63. The summed E-state index contributed by atoms with van der Waals surface area (Å²) in [5.41, 5.74) is 2.25. The van der Waals surface area contributed by atoms with Gasteiger partial charge in [-0.2, -0.15) is 0 Å². The average Bonchev–Trinajstić information content (AvgIpc) is 2.56. The van der Waals surface area contributed by atoms with Crippen molar-refractivity contribution in [2.45, 2.75) is 18.9 Å². The molecule has 1 amide bonds. The number of carbonyl (C=O) groups is 1. The predicted molar refractivity (Wildman–Crippen MR) is 63.9 cm³/mol. The number of nitrogens with zero attached hydrogens (tertiary/aromatic N) is 1. The van der Waals surface area contributed by atoms with Gasteiger partial charge in [-0.3, -0.25) is 4.79 Å². The van der Waals surface area contributed by atoms with Crippen molar-refractivity contribution in [3.63, 3.8) is 0 Å². The number of nitrogens with one attached hydrogen (secondary N) is 1. The number of halogens is 1. The number of para-hydroxylation sites is 1. The first-order chi connectivity index (χ1) is 7.77. The van der Waals surface area contributed by atoms with E-state index in [0.717, 1.165) is 36.6 Å². The predicted octanol–water partition coefficient (Wildman–Crippen LogP) is 1.59. The highest BCUT2D eigenvalue weighted by Gasteiger charge is 2.36. The SMILES string of the molecule is O=C1NCCCN2c3c(Cl)cccc3CC12. The van der Waals surface area contributed by atoms with Gasteiger partial charge in [-0.15, -0.1) is 0 Å². The third kappa shape index (κ3) is 1.39. The van der Waals surface area contributed by atoms with Crippen molar-refractivity contribution in [2.24, 2.45) is 0 Å². The van der Waals surface area contributed by atoms with Crippen molar-refractivity contribution in [1.29, 1.82) is 0 Å². The minimum Gasteiger partial charge on any atom is -0.358 e. The lowest BCUT2D eigenvalue weighted by molar-refractivity contribution is -0.121. The van der Waals surface area contributed by atoms with Crippen LogP contribution in [0.3, 0.4) is 0 Å². The maximum absolute atomic E-state index is 11.9.